The lowest BCUT2D eigenvalue weighted by molar-refractivity contribution is 0.117. The minimum absolute atomic E-state index is 0.781. The van der Waals surface area contributed by atoms with Crippen LogP contribution in [0.4, 0.5) is 0 Å². The highest BCUT2D eigenvalue weighted by Gasteiger charge is 2.16. The minimum atomic E-state index is 0.781. The number of hydrogen-bond acceptors (Lipinski definition) is 2. The van der Waals surface area contributed by atoms with E-state index in [-0.39, 0.29) is 0 Å². The molecule has 1 aliphatic rings. The zero-order chi connectivity index (χ0) is 8.27. The molecule has 0 aromatic carbocycles. The Hall–Kier alpha value is -0.0800. The number of likely N-dealkylation sites (N-methyl/N-ethyl adjacent to an activating group) is 1. The van der Waals surface area contributed by atoms with Gasteiger partial charge in [0.2, 0.25) is 0 Å². The first-order valence-corrected chi connectivity index (χ1v) is 4.66. The van der Waals surface area contributed by atoms with Crippen molar-refractivity contribution in [2.45, 2.75) is 26.3 Å². The molecule has 1 rings (SSSR count). The van der Waals surface area contributed by atoms with Gasteiger partial charge in [-0.2, -0.15) is 0 Å². The quantitative estimate of drug-likeness (QED) is 0.589. The van der Waals surface area contributed by atoms with Gasteiger partial charge in [0.15, 0.2) is 0 Å². The summed E-state index contributed by atoms with van der Waals surface area (Å²) in [6.45, 7) is 9.58. The standard InChI is InChI=1S/C9H20N2/c1-4-9(2)11-7-5-10(3)6-8-11/h9H,4-8H2,1-3H3/t9-/m0/s1. The molecule has 0 aliphatic carbocycles. The summed E-state index contributed by atoms with van der Waals surface area (Å²) in [6, 6.07) is 0.781. The van der Waals surface area contributed by atoms with Gasteiger partial charge >= 0.3 is 0 Å². The van der Waals surface area contributed by atoms with Gasteiger partial charge < -0.3 is 4.90 Å². The molecule has 0 aromatic rings. The first-order chi connectivity index (χ1) is 5.24. The van der Waals surface area contributed by atoms with E-state index in [2.05, 4.69) is 30.7 Å². The van der Waals surface area contributed by atoms with Gasteiger partial charge in [0.05, 0.1) is 0 Å². The highest BCUT2D eigenvalue weighted by molar-refractivity contribution is 4.73. The van der Waals surface area contributed by atoms with Crippen molar-refractivity contribution in [2.24, 2.45) is 0 Å². The predicted molar refractivity (Wildman–Crippen MR) is 48.8 cm³/mol. The summed E-state index contributed by atoms with van der Waals surface area (Å²) in [5.41, 5.74) is 0. The minimum Gasteiger partial charge on any atom is -0.304 e. The summed E-state index contributed by atoms with van der Waals surface area (Å²) < 4.78 is 0. The molecular weight excluding hydrogens is 136 g/mol. The van der Waals surface area contributed by atoms with Crippen LogP contribution in [-0.4, -0.2) is 49.1 Å². The van der Waals surface area contributed by atoms with Crippen LogP contribution in [0.1, 0.15) is 20.3 Å². The molecule has 0 aromatic heterocycles. The topological polar surface area (TPSA) is 6.48 Å². The maximum absolute atomic E-state index is 2.58. The van der Waals surface area contributed by atoms with Gasteiger partial charge in [0, 0.05) is 32.2 Å². The van der Waals surface area contributed by atoms with E-state index in [0.717, 1.165) is 6.04 Å². The Morgan fingerprint density at radius 1 is 1.18 bits per heavy atom. The van der Waals surface area contributed by atoms with Crippen molar-refractivity contribution in [1.82, 2.24) is 9.80 Å². The first kappa shape index (κ1) is 9.01. The van der Waals surface area contributed by atoms with Gasteiger partial charge in [-0.3, -0.25) is 4.90 Å². The molecule has 1 heterocycles. The largest absolute Gasteiger partial charge is 0.304 e. The van der Waals surface area contributed by atoms with E-state index in [4.69, 9.17) is 0 Å². The van der Waals surface area contributed by atoms with Crippen LogP contribution in [-0.2, 0) is 0 Å². The Balaban J connectivity index is 2.27. The van der Waals surface area contributed by atoms with Gasteiger partial charge in [-0.15, -0.1) is 0 Å². The zero-order valence-electron chi connectivity index (χ0n) is 8.01. The van der Waals surface area contributed by atoms with Crippen LogP contribution in [0.2, 0.25) is 0 Å². The fourth-order valence-electron chi connectivity index (χ4n) is 1.52. The van der Waals surface area contributed by atoms with E-state index < -0.39 is 0 Å². The number of piperazine rings is 1. The second-order valence-electron chi connectivity index (χ2n) is 3.60. The molecule has 0 bridgehead atoms. The molecule has 0 radical (unpaired) electrons. The SMILES string of the molecule is CC[C@H](C)N1CCN(C)CC1. The molecule has 1 saturated heterocycles. The summed E-state index contributed by atoms with van der Waals surface area (Å²) >= 11 is 0. The Labute approximate surface area is 70.2 Å². The van der Waals surface area contributed by atoms with Gasteiger partial charge in [0.25, 0.3) is 0 Å². The molecule has 1 fully saturated rings. The van der Waals surface area contributed by atoms with Crippen LogP contribution in [0.3, 0.4) is 0 Å². The van der Waals surface area contributed by atoms with Crippen LogP contribution in [0, 0.1) is 0 Å². The second-order valence-corrected chi connectivity index (χ2v) is 3.60. The summed E-state index contributed by atoms with van der Waals surface area (Å²) in [7, 11) is 2.20. The Kier molecular flexibility index (Phi) is 3.34. The lowest BCUT2D eigenvalue weighted by Crippen LogP contribution is -2.47. The van der Waals surface area contributed by atoms with Crippen LogP contribution in [0.15, 0.2) is 0 Å². The average molecular weight is 156 g/mol. The third-order valence-electron chi connectivity index (χ3n) is 2.75. The highest BCUT2D eigenvalue weighted by Crippen LogP contribution is 2.06. The summed E-state index contributed by atoms with van der Waals surface area (Å²) in [5.74, 6) is 0. The third kappa shape index (κ3) is 2.46. The fraction of sp³-hybridized carbons (Fsp3) is 1.00. The van der Waals surface area contributed by atoms with E-state index in [1.807, 2.05) is 0 Å². The Bertz CT molecular complexity index is 106. The molecule has 2 nitrogen and oxygen atoms in total. The van der Waals surface area contributed by atoms with E-state index >= 15 is 0 Å². The van der Waals surface area contributed by atoms with E-state index in [0.29, 0.717) is 0 Å². The monoisotopic (exact) mass is 156 g/mol. The van der Waals surface area contributed by atoms with Crippen molar-refractivity contribution in [3.8, 4) is 0 Å². The molecule has 1 aliphatic heterocycles. The predicted octanol–water partition coefficient (Wildman–Crippen LogP) is 1.03. The molecule has 2 heteroatoms. The lowest BCUT2D eigenvalue weighted by Gasteiger charge is -2.36. The van der Waals surface area contributed by atoms with E-state index in [9.17, 15) is 0 Å². The summed E-state index contributed by atoms with van der Waals surface area (Å²) in [6.07, 6.45) is 1.28. The smallest absolute Gasteiger partial charge is 0.0113 e. The molecule has 0 saturated carbocycles. The van der Waals surface area contributed by atoms with Gasteiger partial charge in [-0.25, -0.2) is 0 Å². The molecule has 1 atom stereocenters. The normalized spacial score (nSPS) is 25.4. The fourth-order valence-corrected chi connectivity index (χ4v) is 1.52. The van der Waals surface area contributed by atoms with Gasteiger partial charge in [-0.1, -0.05) is 6.92 Å². The number of nitrogens with zero attached hydrogens (tertiary/aromatic N) is 2. The van der Waals surface area contributed by atoms with E-state index in [1.54, 1.807) is 0 Å². The maximum atomic E-state index is 2.58. The average Bonchev–Trinajstić information content (AvgIpc) is 2.05. The van der Waals surface area contributed by atoms with Crippen LogP contribution < -0.4 is 0 Å². The van der Waals surface area contributed by atoms with Crippen LogP contribution >= 0.6 is 0 Å². The first-order valence-electron chi connectivity index (χ1n) is 4.66. The van der Waals surface area contributed by atoms with Crippen molar-refractivity contribution in [3.63, 3.8) is 0 Å². The second kappa shape index (κ2) is 4.07. The summed E-state index contributed by atoms with van der Waals surface area (Å²) in [4.78, 5) is 4.98. The van der Waals surface area contributed by atoms with Crippen molar-refractivity contribution >= 4 is 0 Å². The Morgan fingerprint density at radius 3 is 2.18 bits per heavy atom. The zero-order valence-corrected chi connectivity index (χ0v) is 8.01. The maximum Gasteiger partial charge on any atom is 0.0113 e. The Morgan fingerprint density at radius 2 is 1.73 bits per heavy atom. The third-order valence-corrected chi connectivity index (χ3v) is 2.75. The highest BCUT2D eigenvalue weighted by atomic mass is 15.3. The van der Waals surface area contributed by atoms with Crippen molar-refractivity contribution in [1.29, 1.82) is 0 Å². The molecule has 66 valence electrons. The van der Waals surface area contributed by atoms with Crippen molar-refractivity contribution in [2.75, 3.05) is 33.2 Å². The van der Waals surface area contributed by atoms with Gasteiger partial charge in [0.1, 0.15) is 0 Å². The molecule has 0 spiro atoms. The van der Waals surface area contributed by atoms with Crippen LogP contribution in [0.5, 0.6) is 0 Å². The molecule has 0 amide bonds. The van der Waals surface area contributed by atoms with Crippen LogP contribution in [0.25, 0.3) is 0 Å². The van der Waals surface area contributed by atoms with Gasteiger partial charge in [-0.05, 0) is 20.4 Å². The lowest BCUT2D eigenvalue weighted by atomic mass is 10.2. The number of rotatable bonds is 2. The van der Waals surface area contributed by atoms with Crippen molar-refractivity contribution in [3.05, 3.63) is 0 Å². The molecule has 0 N–H and O–H groups in total. The summed E-state index contributed by atoms with van der Waals surface area (Å²) in [5, 5.41) is 0. The number of hydrogen-bond donors (Lipinski definition) is 0. The molecular formula is C9H20N2. The molecule has 0 unspecified atom stereocenters. The van der Waals surface area contributed by atoms with E-state index in [1.165, 1.54) is 32.6 Å². The molecule has 11 heavy (non-hydrogen) atoms. The van der Waals surface area contributed by atoms with Crippen molar-refractivity contribution < 1.29 is 0 Å².